The van der Waals surface area contributed by atoms with Crippen LogP contribution in [-0.4, -0.2) is 36.3 Å². The predicted octanol–water partition coefficient (Wildman–Crippen LogP) is 4.32. The summed E-state index contributed by atoms with van der Waals surface area (Å²) in [6, 6.07) is 12.7. The SMILES string of the molecule is CCOc1ccc(-c2noc(C3CC(=O)N(c4ccccc4Cl)C3)n2)cc1OC. The van der Waals surface area contributed by atoms with Crippen LogP contribution < -0.4 is 14.4 Å². The van der Waals surface area contributed by atoms with Gasteiger partial charge in [0.1, 0.15) is 0 Å². The van der Waals surface area contributed by atoms with Gasteiger partial charge in [-0.05, 0) is 37.3 Å². The predicted molar refractivity (Wildman–Crippen MR) is 109 cm³/mol. The van der Waals surface area contributed by atoms with Crippen molar-refractivity contribution >= 4 is 23.2 Å². The van der Waals surface area contributed by atoms with Crippen LogP contribution in [0.3, 0.4) is 0 Å². The third-order valence-corrected chi connectivity index (χ3v) is 5.10. The molecule has 0 radical (unpaired) electrons. The molecule has 0 N–H and O–H groups in total. The van der Waals surface area contributed by atoms with Crippen LogP contribution in [0.25, 0.3) is 11.4 Å². The highest BCUT2D eigenvalue weighted by Crippen LogP contribution is 2.36. The first-order valence-electron chi connectivity index (χ1n) is 9.30. The average molecular weight is 414 g/mol. The van der Waals surface area contributed by atoms with E-state index >= 15 is 0 Å². The molecule has 7 nitrogen and oxygen atoms in total. The number of hydrogen-bond donors (Lipinski definition) is 0. The zero-order valence-corrected chi connectivity index (χ0v) is 16.8. The van der Waals surface area contributed by atoms with Gasteiger partial charge in [0.2, 0.25) is 17.6 Å². The molecule has 1 saturated heterocycles. The van der Waals surface area contributed by atoms with E-state index in [1.165, 1.54) is 0 Å². The topological polar surface area (TPSA) is 77.7 Å². The highest BCUT2D eigenvalue weighted by Gasteiger charge is 2.36. The lowest BCUT2D eigenvalue weighted by Gasteiger charge is -2.17. The van der Waals surface area contributed by atoms with Crippen molar-refractivity contribution < 1.29 is 18.8 Å². The first-order valence-corrected chi connectivity index (χ1v) is 9.68. The van der Waals surface area contributed by atoms with E-state index in [0.717, 1.165) is 5.56 Å². The maximum Gasteiger partial charge on any atom is 0.232 e. The molecule has 0 aliphatic carbocycles. The summed E-state index contributed by atoms with van der Waals surface area (Å²) >= 11 is 6.24. The molecule has 1 aliphatic heterocycles. The lowest BCUT2D eigenvalue weighted by atomic mass is 10.1. The van der Waals surface area contributed by atoms with Crippen LogP contribution in [0, 0.1) is 0 Å². The number of benzene rings is 2. The van der Waals surface area contributed by atoms with Crippen molar-refractivity contribution in [3.8, 4) is 22.9 Å². The maximum absolute atomic E-state index is 12.5. The summed E-state index contributed by atoms with van der Waals surface area (Å²) in [5, 5.41) is 4.62. The van der Waals surface area contributed by atoms with Crippen molar-refractivity contribution in [1.29, 1.82) is 0 Å². The Morgan fingerprint density at radius 3 is 2.83 bits per heavy atom. The summed E-state index contributed by atoms with van der Waals surface area (Å²) in [6.45, 7) is 2.89. The number of para-hydroxylation sites is 1. The third kappa shape index (κ3) is 3.78. The Balaban J connectivity index is 1.56. The highest BCUT2D eigenvalue weighted by atomic mass is 35.5. The number of methoxy groups -OCH3 is 1. The molecule has 29 heavy (non-hydrogen) atoms. The van der Waals surface area contributed by atoms with Crippen molar-refractivity contribution in [2.75, 3.05) is 25.2 Å². The standard InChI is InChI=1S/C21H20ClN3O4/c1-3-28-17-9-8-13(10-18(17)27-2)20-23-21(29-24-20)14-11-19(26)25(12-14)16-7-5-4-6-15(16)22/h4-10,14H,3,11-12H2,1-2H3. The van der Waals surface area contributed by atoms with E-state index in [0.29, 0.717) is 53.5 Å². The average Bonchev–Trinajstić information content (AvgIpc) is 3.36. The second-order valence-electron chi connectivity index (χ2n) is 6.61. The molecule has 1 aliphatic rings. The summed E-state index contributed by atoms with van der Waals surface area (Å²) in [6.07, 6.45) is 0.291. The van der Waals surface area contributed by atoms with Crippen molar-refractivity contribution in [1.82, 2.24) is 10.1 Å². The fourth-order valence-corrected chi connectivity index (χ4v) is 3.61. The highest BCUT2D eigenvalue weighted by molar-refractivity contribution is 6.33. The van der Waals surface area contributed by atoms with Gasteiger partial charge in [-0.2, -0.15) is 4.98 Å². The number of ether oxygens (including phenoxy) is 2. The number of carbonyl (C=O) groups excluding carboxylic acids is 1. The molecule has 1 amide bonds. The molecular weight excluding hydrogens is 394 g/mol. The molecule has 0 spiro atoms. The van der Waals surface area contributed by atoms with E-state index in [9.17, 15) is 4.79 Å². The number of amides is 1. The summed E-state index contributed by atoms with van der Waals surface area (Å²) in [7, 11) is 1.58. The second-order valence-corrected chi connectivity index (χ2v) is 7.02. The molecule has 150 valence electrons. The molecule has 4 rings (SSSR count). The van der Waals surface area contributed by atoms with Gasteiger partial charge in [0.05, 0.1) is 30.3 Å². The molecule has 3 aromatic rings. The van der Waals surface area contributed by atoms with Crippen LogP contribution in [0.2, 0.25) is 5.02 Å². The van der Waals surface area contributed by atoms with E-state index < -0.39 is 0 Å². The fraction of sp³-hybridized carbons (Fsp3) is 0.286. The Bertz CT molecular complexity index is 1040. The normalized spacial score (nSPS) is 16.3. The van der Waals surface area contributed by atoms with Gasteiger partial charge in [0.25, 0.3) is 0 Å². The van der Waals surface area contributed by atoms with Gasteiger partial charge in [0.15, 0.2) is 11.5 Å². The van der Waals surface area contributed by atoms with E-state index in [1.54, 1.807) is 24.1 Å². The zero-order chi connectivity index (χ0) is 20.4. The maximum atomic E-state index is 12.5. The van der Waals surface area contributed by atoms with Crippen LogP contribution in [0.15, 0.2) is 47.0 Å². The minimum atomic E-state index is -0.190. The fourth-order valence-electron chi connectivity index (χ4n) is 3.38. The molecule has 2 aromatic carbocycles. The molecule has 2 heterocycles. The van der Waals surface area contributed by atoms with Gasteiger partial charge in [-0.15, -0.1) is 0 Å². The Labute approximate surface area is 173 Å². The van der Waals surface area contributed by atoms with Gasteiger partial charge in [-0.25, -0.2) is 0 Å². The van der Waals surface area contributed by atoms with Gasteiger partial charge < -0.3 is 18.9 Å². The third-order valence-electron chi connectivity index (χ3n) is 4.78. The lowest BCUT2D eigenvalue weighted by molar-refractivity contribution is -0.117. The molecule has 8 heteroatoms. The minimum Gasteiger partial charge on any atom is -0.493 e. The van der Waals surface area contributed by atoms with E-state index in [4.69, 9.17) is 25.6 Å². The van der Waals surface area contributed by atoms with Crippen molar-refractivity contribution in [2.24, 2.45) is 0 Å². The minimum absolute atomic E-state index is 0.0226. The summed E-state index contributed by atoms with van der Waals surface area (Å²) < 4.78 is 16.4. The molecule has 1 aromatic heterocycles. The number of anilines is 1. The Morgan fingerprint density at radius 1 is 1.24 bits per heavy atom. The summed E-state index contributed by atoms with van der Waals surface area (Å²) in [5.74, 6) is 1.90. The number of carbonyl (C=O) groups is 1. The lowest BCUT2D eigenvalue weighted by Crippen LogP contribution is -2.24. The van der Waals surface area contributed by atoms with Gasteiger partial charge in [0, 0.05) is 18.5 Å². The van der Waals surface area contributed by atoms with Crippen LogP contribution in [0.4, 0.5) is 5.69 Å². The van der Waals surface area contributed by atoms with E-state index in [-0.39, 0.29) is 11.8 Å². The van der Waals surface area contributed by atoms with Crippen molar-refractivity contribution in [3.63, 3.8) is 0 Å². The Morgan fingerprint density at radius 2 is 2.07 bits per heavy atom. The number of halogens is 1. The zero-order valence-electron chi connectivity index (χ0n) is 16.1. The molecular formula is C21H20ClN3O4. The molecule has 0 bridgehead atoms. The quantitative estimate of drug-likeness (QED) is 0.599. The number of nitrogens with zero attached hydrogens (tertiary/aromatic N) is 3. The summed E-state index contributed by atoms with van der Waals surface area (Å²) in [4.78, 5) is 18.7. The smallest absolute Gasteiger partial charge is 0.232 e. The van der Waals surface area contributed by atoms with Crippen LogP contribution in [-0.2, 0) is 4.79 Å². The second kappa shape index (κ2) is 8.13. The van der Waals surface area contributed by atoms with Crippen molar-refractivity contribution in [2.45, 2.75) is 19.3 Å². The first kappa shape index (κ1) is 19.3. The van der Waals surface area contributed by atoms with Crippen LogP contribution >= 0.6 is 11.6 Å². The largest absolute Gasteiger partial charge is 0.493 e. The molecule has 1 fully saturated rings. The van der Waals surface area contributed by atoms with Crippen LogP contribution in [0.5, 0.6) is 11.5 Å². The monoisotopic (exact) mass is 413 g/mol. The van der Waals surface area contributed by atoms with Gasteiger partial charge >= 0.3 is 0 Å². The van der Waals surface area contributed by atoms with Gasteiger partial charge in [-0.1, -0.05) is 28.9 Å². The number of rotatable bonds is 6. The molecule has 0 saturated carbocycles. The Hall–Kier alpha value is -3.06. The van der Waals surface area contributed by atoms with Gasteiger partial charge in [-0.3, -0.25) is 4.79 Å². The number of aromatic nitrogens is 2. The summed E-state index contributed by atoms with van der Waals surface area (Å²) in [5.41, 5.74) is 1.44. The van der Waals surface area contributed by atoms with Crippen LogP contribution in [0.1, 0.15) is 25.2 Å². The Kier molecular flexibility index (Phi) is 5.40. The van der Waals surface area contributed by atoms with E-state index in [1.807, 2.05) is 37.3 Å². The molecule has 1 unspecified atom stereocenters. The number of hydrogen-bond acceptors (Lipinski definition) is 6. The van der Waals surface area contributed by atoms with Crippen molar-refractivity contribution in [3.05, 3.63) is 53.4 Å². The first-order chi connectivity index (χ1) is 14.1. The molecule has 1 atom stereocenters. The van der Waals surface area contributed by atoms with E-state index in [2.05, 4.69) is 10.1 Å².